The van der Waals surface area contributed by atoms with Gasteiger partial charge in [-0.3, -0.25) is 9.00 Å². The highest BCUT2D eigenvalue weighted by Crippen LogP contribution is 2.08. The van der Waals surface area contributed by atoms with E-state index in [1.807, 2.05) is 13.8 Å². The lowest BCUT2D eigenvalue weighted by Gasteiger charge is -2.07. The summed E-state index contributed by atoms with van der Waals surface area (Å²) in [5.41, 5.74) is 0. The van der Waals surface area contributed by atoms with Crippen LogP contribution in [0.25, 0.3) is 0 Å². The molecule has 0 aliphatic rings. The molecule has 3 nitrogen and oxygen atoms in total. The highest BCUT2D eigenvalue weighted by molar-refractivity contribution is 7.85. The molecule has 1 N–H and O–H groups in total. The predicted molar refractivity (Wildman–Crippen MR) is 65.5 cm³/mol. The molecular weight excluding hydrogens is 241 g/mol. The summed E-state index contributed by atoms with van der Waals surface area (Å²) in [4.78, 5) is 11.8. The molecule has 1 aromatic carbocycles. The summed E-state index contributed by atoms with van der Waals surface area (Å²) >= 11 is 0. The molecular formula is C12H16FNO2S. The fourth-order valence-electron chi connectivity index (χ4n) is 1.18. The van der Waals surface area contributed by atoms with Crippen molar-refractivity contribution in [2.75, 3.05) is 12.3 Å². The summed E-state index contributed by atoms with van der Waals surface area (Å²) in [5, 5.41) is 2.67. The van der Waals surface area contributed by atoms with Crippen molar-refractivity contribution in [1.82, 2.24) is 5.32 Å². The second-order valence-electron chi connectivity index (χ2n) is 4.15. The van der Waals surface area contributed by atoms with E-state index in [9.17, 15) is 13.4 Å². The second-order valence-corrected chi connectivity index (χ2v) is 5.60. The summed E-state index contributed by atoms with van der Waals surface area (Å²) in [6.45, 7) is 4.51. The number of carbonyl (C=O) groups excluding carboxylic acids is 1. The molecule has 0 radical (unpaired) electrons. The third-order valence-corrected chi connectivity index (χ3v) is 3.33. The zero-order valence-electron chi connectivity index (χ0n) is 9.90. The van der Waals surface area contributed by atoms with Gasteiger partial charge in [0.05, 0.1) is 10.8 Å². The van der Waals surface area contributed by atoms with Gasteiger partial charge < -0.3 is 5.32 Å². The minimum absolute atomic E-state index is 0.129. The van der Waals surface area contributed by atoms with Gasteiger partial charge in [-0.1, -0.05) is 19.9 Å². The molecule has 0 aliphatic carbocycles. The molecule has 94 valence electrons. The van der Waals surface area contributed by atoms with E-state index in [2.05, 4.69) is 5.32 Å². The van der Waals surface area contributed by atoms with Gasteiger partial charge in [0.25, 0.3) is 0 Å². The van der Waals surface area contributed by atoms with Crippen LogP contribution in [0, 0.1) is 11.7 Å². The lowest BCUT2D eigenvalue weighted by atomic mass is 10.2. The van der Waals surface area contributed by atoms with Gasteiger partial charge in [0.15, 0.2) is 0 Å². The molecule has 0 saturated carbocycles. The number of nitrogens with one attached hydrogen (secondary N) is 1. The first-order chi connectivity index (χ1) is 7.99. The Kier molecular flexibility index (Phi) is 5.28. The summed E-state index contributed by atoms with van der Waals surface area (Å²) in [5.74, 6) is -0.503. The summed E-state index contributed by atoms with van der Waals surface area (Å²) in [7, 11) is -1.49. The Bertz CT molecular complexity index is 421. The third-order valence-electron chi connectivity index (χ3n) is 2.03. The first-order valence-corrected chi connectivity index (χ1v) is 6.71. The molecule has 5 heteroatoms. The maximum absolute atomic E-state index is 12.9. The number of halogens is 1. The van der Waals surface area contributed by atoms with Crippen LogP contribution in [-0.4, -0.2) is 22.4 Å². The van der Waals surface area contributed by atoms with Gasteiger partial charge in [0.2, 0.25) is 5.91 Å². The van der Waals surface area contributed by atoms with Crippen molar-refractivity contribution in [2.24, 2.45) is 5.92 Å². The SMILES string of the molecule is CC(C)CNC(=O)CS(=O)c1cccc(F)c1. The molecule has 1 atom stereocenters. The van der Waals surface area contributed by atoms with Crippen LogP contribution in [0.3, 0.4) is 0 Å². The molecule has 1 rings (SSSR count). The van der Waals surface area contributed by atoms with Crippen LogP contribution in [0.5, 0.6) is 0 Å². The zero-order valence-corrected chi connectivity index (χ0v) is 10.7. The molecule has 1 amide bonds. The summed E-state index contributed by atoms with van der Waals surface area (Å²) in [6.07, 6.45) is 0. The summed E-state index contributed by atoms with van der Waals surface area (Å²) in [6, 6.07) is 5.49. The molecule has 0 aromatic heterocycles. The van der Waals surface area contributed by atoms with Crippen LogP contribution < -0.4 is 5.32 Å². The largest absolute Gasteiger partial charge is 0.355 e. The fourth-order valence-corrected chi connectivity index (χ4v) is 2.16. The number of benzene rings is 1. The van der Waals surface area contributed by atoms with Crippen molar-refractivity contribution < 1.29 is 13.4 Å². The molecule has 17 heavy (non-hydrogen) atoms. The fraction of sp³-hybridized carbons (Fsp3) is 0.417. The maximum atomic E-state index is 12.9. The second kappa shape index (κ2) is 6.49. The number of hydrogen-bond acceptors (Lipinski definition) is 2. The maximum Gasteiger partial charge on any atom is 0.233 e. The Morgan fingerprint density at radius 1 is 1.47 bits per heavy atom. The van der Waals surface area contributed by atoms with Crippen molar-refractivity contribution in [3.8, 4) is 0 Å². The molecule has 0 fully saturated rings. The molecule has 1 unspecified atom stereocenters. The molecule has 1 aromatic rings. The normalized spacial score (nSPS) is 12.5. The van der Waals surface area contributed by atoms with E-state index >= 15 is 0 Å². The highest BCUT2D eigenvalue weighted by atomic mass is 32.2. The van der Waals surface area contributed by atoms with Crippen LogP contribution in [-0.2, 0) is 15.6 Å². The van der Waals surface area contributed by atoms with E-state index in [1.54, 1.807) is 6.07 Å². The average molecular weight is 257 g/mol. The number of amides is 1. The molecule has 0 saturated heterocycles. The van der Waals surface area contributed by atoms with Crippen molar-refractivity contribution in [1.29, 1.82) is 0 Å². The number of carbonyl (C=O) groups is 1. The Morgan fingerprint density at radius 3 is 2.76 bits per heavy atom. The van der Waals surface area contributed by atoms with Gasteiger partial charge in [-0.05, 0) is 24.1 Å². The summed E-state index contributed by atoms with van der Waals surface area (Å²) < 4.78 is 24.6. The van der Waals surface area contributed by atoms with Gasteiger partial charge in [-0.25, -0.2) is 4.39 Å². The standard InChI is InChI=1S/C12H16FNO2S/c1-9(2)7-14-12(15)8-17(16)11-5-3-4-10(13)6-11/h3-6,9H,7-8H2,1-2H3,(H,14,15). The van der Waals surface area contributed by atoms with Crippen LogP contribution in [0.1, 0.15) is 13.8 Å². The minimum Gasteiger partial charge on any atom is -0.355 e. The average Bonchev–Trinajstić information content (AvgIpc) is 2.26. The lowest BCUT2D eigenvalue weighted by molar-refractivity contribution is -0.118. The van der Waals surface area contributed by atoms with Gasteiger partial charge >= 0.3 is 0 Å². The highest BCUT2D eigenvalue weighted by Gasteiger charge is 2.10. The molecule has 0 spiro atoms. The van der Waals surface area contributed by atoms with Crippen LogP contribution in [0.4, 0.5) is 4.39 Å². The third kappa shape index (κ3) is 5.08. The van der Waals surface area contributed by atoms with E-state index in [-0.39, 0.29) is 11.7 Å². The van der Waals surface area contributed by atoms with E-state index < -0.39 is 16.6 Å². The lowest BCUT2D eigenvalue weighted by Crippen LogP contribution is -2.31. The number of hydrogen-bond donors (Lipinski definition) is 1. The Morgan fingerprint density at radius 2 is 2.18 bits per heavy atom. The Labute approximate surface area is 103 Å². The van der Waals surface area contributed by atoms with E-state index in [0.717, 1.165) is 0 Å². The first-order valence-electron chi connectivity index (χ1n) is 5.39. The van der Waals surface area contributed by atoms with Gasteiger partial charge in [0, 0.05) is 11.4 Å². The van der Waals surface area contributed by atoms with E-state index in [4.69, 9.17) is 0 Å². The van der Waals surface area contributed by atoms with Crippen LogP contribution in [0.2, 0.25) is 0 Å². The van der Waals surface area contributed by atoms with Gasteiger partial charge in [-0.15, -0.1) is 0 Å². The monoisotopic (exact) mass is 257 g/mol. The molecule has 0 aliphatic heterocycles. The van der Waals surface area contributed by atoms with Crippen molar-refractivity contribution in [3.63, 3.8) is 0 Å². The topological polar surface area (TPSA) is 46.2 Å². The Balaban J connectivity index is 2.52. The van der Waals surface area contributed by atoms with E-state index in [0.29, 0.717) is 17.4 Å². The van der Waals surface area contributed by atoms with Crippen molar-refractivity contribution in [2.45, 2.75) is 18.7 Å². The molecule has 0 bridgehead atoms. The Hall–Kier alpha value is -1.23. The zero-order chi connectivity index (χ0) is 12.8. The van der Waals surface area contributed by atoms with Crippen LogP contribution in [0.15, 0.2) is 29.2 Å². The van der Waals surface area contributed by atoms with E-state index in [1.165, 1.54) is 18.2 Å². The van der Waals surface area contributed by atoms with Gasteiger partial charge in [0.1, 0.15) is 11.6 Å². The quantitative estimate of drug-likeness (QED) is 0.872. The van der Waals surface area contributed by atoms with Crippen molar-refractivity contribution in [3.05, 3.63) is 30.1 Å². The number of rotatable bonds is 5. The predicted octanol–water partition coefficient (Wildman–Crippen LogP) is 1.71. The van der Waals surface area contributed by atoms with Crippen LogP contribution >= 0.6 is 0 Å². The smallest absolute Gasteiger partial charge is 0.233 e. The molecule has 0 heterocycles. The minimum atomic E-state index is -1.49. The van der Waals surface area contributed by atoms with Crippen molar-refractivity contribution >= 4 is 16.7 Å². The van der Waals surface area contributed by atoms with Gasteiger partial charge in [-0.2, -0.15) is 0 Å². The first kappa shape index (κ1) is 13.8.